The van der Waals surface area contributed by atoms with Crippen molar-refractivity contribution in [3.8, 4) is 0 Å². The smallest absolute Gasteiger partial charge is 0.0915 e. The van der Waals surface area contributed by atoms with Gasteiger partial charge in [0.15, 0.2) is 0 Å². The molecule has 0 N–H and O–H groups in total. The number of benzene rings is 3. The molecule has 4 heteroatoms. The van der Waals surface area contributed by atoms with Gasteiger partial charge in [0, 0.05) is 31.7 Å². The molecular weight excluding hydrogens is 380 g/mol. The zero-order valence-corrected chi connectivity index (χ0v) is 16.6. The highest BCUT2D eigenvalue weighted by atomic mass is 32.2. The lowest BCUT2D eigenvalue weighted by Crippen LogP contribution is -2.20. The second kappa shape index (κ2) is 6.92. The van der Waals surface area contributed by atoms with Gasteiger partial charge in [-0.2, -0.15) is 0 Å². The van der Waals surface area contributed by atoms with Crippen molar-refractivity contribution in [2.24, 2.45) is 0 Å². The van der Waals surface area contributed by atoms with Gasteiger partial charge in [0.05, 0.1) is 5.92 Å². The molecule has 0 aromatic heterocycles. The number of hydrogen-bond acceptors (Lipinski definition) is 4. The van der Waals surface area contributed by atoms with Crippen LogP contribution in [-0.4, -0.2) is 9.16 Å². The van der Waals surface area contributed by atoms with E-state index in [-0.39, 0.29) is 0 Å². The monoisotopic (exact) mass is 395 g/mol. The van der Waals surface area contributed by atoms with E-state index in [4.69, 9.17) is 0 Å². The fourth-order valence-electron chi connectivity index (χ4n) is 3.07. The molecule has 0 spiro atoms. The van der Waals surface area contributed by atoms with Crippen molar-refractivity contribution in [2.45, 2.75) is 28.7 Å². The molecule has 0 atom stereocenters. The van der Waals surface area contributed by atoms with E-state index >= 15 is 0 Å². The number of hydrogen-bond donors (Lipinski definition) is 0. The number of rotatable bonds is 3. The third-order valence-electron chi connectivity index (χ3n) is 4.25. The van der Waals surface area contributed by atoms with Gasteiger partial charge in [-0.15, -0.1) is 0 Å². The van der Waals surface area contributed by atoms with E-state index in [1.54, 1.807) is 0 Å². The average Bonchev–Trinajstić information content (AvgIpc) is 3.26. The predicted molar refractivity (Wildman–Crippen MR) is 113 cm³/mol. The van der Waals surface area contributed by atoms with Crippen molar-refractivity contribution >= 4 is 47.0 Å². The number of thioether (sulfide) groups is 4. The summed E-state index contributed by atoms with van der Waals surface area (Å²) in [5, 5.41) is 0. The molecule has 2 aliphatic rings. The minimum Gasteiger partial charge on any atom is -0.0915 e. The molecule has 0 aliphatic carbocycles. The van der Waals surface area contributed by atoms with Crippen molar-refractivity contribution in [3.63, 3.8) is 0 Å². The van der Waals surface area contributed by atoms with E-state index in [0.29, 0.717) is 9.16 Å². The van der Waals surface area contributed by atoms with Gasteiger partial charge in [0.1, 0.15) is 14.7 Å². The Kier molecular flexibility index (Phi) is 4.46. The van der Waals surface area contributed by atoms with Gasteiger partial charge in [-0.25, -0.2) is 0 Å². The van der Waals surface area contributed by atoms with Gasteiger partial charge in [0.2, 0.25) is 0 Å². The van der Waals surface area contributed by atoms with Crippen LogP contribution in [0.4, 0.5) is 0 Å². The lowest BCUT2D eigenvalue weighted by molar-refractivity contribution is 1.10. The molecule has 0 bridgehead atoms. The van der Waals surface area contributed by atoms with Gasteiger partial charge >= 0.3 is 0 Å². The van der Waals surface area contributed by atoms with Crippen LogP contribution in [0.2, 0.25) is 0 Å². The predicted octanol–water partition coefficient (Wildman–Crippen LogP) is 7.06. The number of fused-ring (bicyclic) bond motifs is 2. The lowest BCUT2D eigenvalue weighted by Gasteiger charge is -2.21. The van der Waals surface area contributed by atoms with Crippen molar-refractivity contribution < 1.29 is 0 Å². The Morgan fingerprint density at radius 1 is 0.480 bits per heavy atom. The molecule has 25 heavy (non-hydrogen) atoms. The largest absolute Gasteiger partial charge is 0.136 e. The van der Waals surface area contributed by atoms with Crippen LogP contribution in [0.3, 0.4) is 0 Å². The molecule has 0 radical (unpaired) electrons. The molecule has 0 saturated carbocycles. The third-order valence-corrected chi connectivity index (χ3v) is 9.97. The van der Waals surface area contributed by atoms with Gasteiger partial charge in [-0.3, -0.25) is 0 Å². The molecule has 3 aromatic rings. The maximum atomic E-state index is 2.27. The van der Waals surface area contributed by atoms with Crippen LogP contribution in [0.25, 0.3) is 0 Å². The van der Waals surface area contributed by atoms with Crippen LogP contribution in [0.15, 0.2) is 98.4 Å². The van der Waals surface area contributed by atoms with E-state index in [2.05, 4.69) is 78.9 Å². The molecule has 2 aliphatic heterocycles. The highest BCUT2D eigenvalue weighted by Crippen LogP contribution is 2.60. The van der Waals surface area contributed by atoms with Crippen LogP contribution in [0, 0.1) is 5.92 Å². The summed E-state index contributed by atoms with van der Waals surface area (Å²) in [6.45, 7) is 0. The Labute approximate surface area is 165 Å². The first kappa shape index (κ1) is 16.1. The van der Waals surface area contributed by atoms with E-state index in [9.17, 15) is 0 Å². The Hall–Kier alpha value is -1.07. The molecular formula is C21H15S4+. The minimum absolute atomic E-state index is 0.444. The summed E-state index contributed by atoms with van der Waals surface area (Å²) in [7, 11) is 0. The molecule has 2 heterocycles. The summed E-state index contributed by atoms with van der Waals surface area (Å²) in [4.78, 5) is 5.65. The van der Waals surface area contributed by atoms with E-state index in [1.165, 1.54) is 31.1 Å². The summed E-state index contributed by atoms with van der Waals surface area (Å²) in [5.74, 6) is 1.54. The summed E-state index contributed by atoms with van der Waals surface area (Å²) in [6.07, 6.45) is 0. The van der Waals surface area contributed by atoms with Crippen molar-refractivity contribution in [3.05, 3.63) is 90.3 Å². The van der Waals surface area contributed by atoms with Crippen LogP contribution in [-0.2, 0) is 0 Å². The molecule has 0 nitrogen and oxygen atoms in total. The normalized spacial score (nSPS) is 16.6. The first-order valence-electron chi connectivity index (χ1n) is 8.15. The average molecular weight is 396 g/mol. The maximum absolute atomic E-state index is 2.27. The molecule has 122 valence electrons. The summed E-state index contributed by atoms with van der Waals surface area (Å²) in [6, 6.07) is 28.5. The fourth-order valence-corrected chi connectivity index (χ4v) is 9.50. The van der Waals surface area contributed by atoms with E-state index < -0.39 is 0 Å². The molecule has 0 saturated heterocycles. The Morgan fingerprint density at radius 3 is 1.24 bits per heavy atom. The Bertz CT molecular complexity index is 788. The maximum Gasteiger partial charge on any atom is 0.136 e. The van der Waals surface area contributed by atoms with Crippen LogP contribution >= 0.6 is 47.0 Å². The van der Waals surface area contributed by atoms with Crippen LogP contribution in [0.1, 0.15) is 5.56 Å². The van der Waals surface area contributed by atoms with Crippen LogP contribution in [0.5, 0.6) is 0 Å². The SMILES string of the molecule is c1ccc([C+](C2Sc3ccccc3S2)C2Sc3ccccc3S2)cc1. The zero-order valence-electron chi connectivity index (χ0n) is 13.3. The quantitative estimate of drug-likeness (QED) is 0.435. The lowest BCUT2D eigenvalue weighted by atomic mass is 10.0. The molecule has 0 unspecified atom stereocenters. The van der Waals surface area contributed by atoms with Gasteiger partial charge < -0.3 is 0 Å². The minimum atomic E-state index is 0.444. The second-order valence-corrected chi connectivity index (χ2v) is 11.0. The topological polar surface area (TPSA) is 0 Å². The first-order valence-corrected chi connectivity index (χ1v) is 11.7. The van der Waals surface area contributed by atoms with Gasteiger partial charge in [-0.05, 0) is 42.5 Å². The molecule has 5 rings (SSSR count). The fraction of sp³-hybridized carbons (Fsp3) is 0.0952. The molecule has 0 fully saturated rings. The first-order chi connectivity index (χ1) is 12.4. The summed E-state index contributed by atoms with van der Waals surface area (Å²) < 4.78 is 0.887. The molecule has 3 aromatic carbocycles. The van der Waals surface area contributed by atoms with Gasteiger partial charge in [0.25, 0.3) is 0 Å². The Balaban J connectivity index is 1.49. The molecule has 0 amide bonds. The van der Waals surface area contributed by atoms with E-state index in [1.807, 2.05) is 47.0 Å². The highest BCUT2D eigenvalue weighted by molar-refractivity contribution is 8.21. The summed E-state index contributed by atoms with van der Waals surface area (Å²) >= 11 is 8.02. The van der Waals surface area contributed by atoms with Gasteiger partial charge in [-0.1, -0.05) is 71.3 Å². The highest BCUT2D eigenvalue weighted by Gasteiger charge is 2.44. The Morgan fingerprint density at radius 2 is 0.840 bits per heavy atom. The zero-order chi connectivity index (χ0) is 16.6. The second-order valence-electron chi connectivity index (χ2n) is 5.85. The summed E-state index contributed by atoms with van der Waals surface area (Å²) in [5.41, 5.74) is 1.37. The van der Waals surface area contributed by atoms with Crippen molar-refractivity contribution in [1.82, 2.24) is 0 Å². The van der Waals surface area contributed by atoms with E-state index in [0.717, 1.165) is 0 Å². The van der Waals surface area contributed by atoms with Crippen LogP contribution < -0.4 is 0 Å². The standard InChI is InChI=1S/C21H15S4/c1-2-8-14(9-3-1)19(20-22-15-10-4-5-11-16(15)23-20)21-24-17-12-6-7-13-18(17)25-21/h1-13,20-21H/q+1. The van der Waals surface area contributed by atoms with Crippen molar-refractivity contribution in [1.29, 1.82) is 0 Å². The van der Waals surface area contributed by atoms with Crippen molar-refractivity contribution in [2.75, 3.05) is 0 Å². The third kappa shape index (κ3) is 3.10.